The zero-order chi connectivity index (χ0) is 24.9. The van der Waals surface area contributed by atoms with Crippen molar-refractivity contribution in [2.24, 2.45) is 0 Å². The van der Waals surface area contributed by atoms with E-state index in [0.717, 1.165) is 24.0 Å². The van der Waals surface area contributed by atoms with Crippen LogP contribution in [0.5, 0.6) is 5.75 Å². The Kier molecular flexibility index (Phi) is 8.52. The highest BCUT2D eigenvalue weighted by Crippen LogP contribution is 2.32. The van der Waals surface area contributed by atoms with Crippen molar-refractivity contribution in [2.75, 3.05) is 0 Å². The average molecular weight is 506 g/mol. The maximum Gasteiger partial charge on any atom is 0.336 e. The molecule has 0 aliphatic rings. The fraction of sp³-hybridized carbons (Fsp3) is 0.360. The summed E-state index contributed by atoms with van der Waals surface area (Å²) in [5.74, 6) is -0.801. The first-order chi connectivity index (χ1) is 16.1. The summed E-state index contributed by atoms with van der Waals surface area (Å²) in [5, 5.41) is 0.816. The third kappa shape index (κ3) is 6.25. The lowest BCUT2D eigenvalue weighted by molar-refractivity contribution is -0.136. The molecule has 0 unspecified atom stereocenters. The number of carbonyl (C=O) groups is 1. The van der Waals surface area contributed by atoms with E-state index in [9.17, 15) is 18.0 Å². The van der Waals surface area contributed by atoms with Crippen molar-refractivity contribution >= 4 is 38.6 Å². The van der Waals surface area contributed by atoms with Gasteiger partial charge in [-0.05, 0) is 43.5 Å². The van der Waals surface area contributed by atoms with E-state index in [1.807, 2.05) is 20.8 Å². The van der Waals surface area contributed by atoms with Crippen molar-refractivity contribution in [3.05, 3.63) is 69.0 Å². The van der Waals surface area contributed by atoms with Gasteiger partial charge in [-0.2, -0.15) is 4.72 Å². The van der Waals surface area contributed by atoms with Crippen LogP contribution < -0.4 is 15.1 Å². The number of halogens is 1. The molecular weight excluding hydrogens is 478 g/mol. The second-order valence-corrected chi connectivity index (χ2v) is 10.3. The maximum atomic E-state index is 13.0. The van der Waals surface area contributed by atoms with Gasteiger partial charge < -0.3 is 9.15 Å². The van der Waals surface area contributed by atoms with Gasteiger partial charge in [0.15, 0.2) is 5.75 Å². The van der Waals surface area contributed by atoms with Gasteiger partial charge in [-0.25, -0.2) is 18.0 Å². The Morgan fingerprint density at radius 2 is 1.82 bits per heavy atom. The molecule has 0 amide bonds. The molecule has 0 aliphatic carbocycles. The Hall–Kier alpha value is -2.68. The number of unbranched alkanes of at least 4 members (excludes halogenated alkanes) is 1. The van der Waals surface area contributed by atoms with Crippen LogP contribution in [0.15, 0.2) is 56.6 Å². The molecule has 1 atom stereocenters. The van der Waals surface area contributed by atoms with Gasteiger partial charge in [0.2, 0.25) is 10.0 Å². The number of hydrogen-bond acceptors (Lipinski definition) is 6. The standard InChI is InChI=1S/C25H28ClNO6S/c1-4-6-8-21(27-34(30,31)18-11-9-16(3)10-12-18)25(29)33-23-15-22-19(14-20(23)26)17(7-5-2)13-24(28)32-22/h9-15,21,27H,4-8H2,1-3H3/t21-/m1/s1. The van der Waals surface area contributed by atoms with E-state index in [1.165, 1.54) is 24.3 Å². The molecule has 34 heavy (non-hydrogen) atoms. The molecule has 0 saturated heterocycles. The average Bonchev–Trinajstić information content (AvgIpc) is 2.78. The summed E-state index contributed by atoms with van der Waals surface area (Å²) in [6.07, 6.45) is 3.11. The number of nitrogens with one attached hydrogen (secondary N) is 1. The molecule has 0 bridgehead atoms. The van der Waals surface area contributed by atoms with Crippen LogP contribution in [0.4, 0.5) is 0 Å². The smallest absolute Gasteiger partial charge is 0.336 e. The second kappa shape index (κ2) is 11.2. The van der Waals surface area contributed by atoms with Crippen LogP contribution in [-0.4, -0.2) is 20.4 Å². The van der Waals surface area contributed by atoms with Crippen molar-refractivity contribution in [3.8, 4) is 5.75 Å². The molecule has 0 aliphatic heterocycles. The molecule has 0 spiro atoms. The lowest BCUT2D eigenvalue weighted by Crippen LogP contribution is -2.43. The van der Waals surface area contributed by atoms with E-state index in [0.29, 0.717) is 18.2 Å². The highest BCUT2D eigenvalue weighted by Gasteiger charge is 2.28. The van der Waals surface area contributed by atoms with Crippen LogP contribution in [0, 0.1) is 6.92 Å². The van der Waals surface area contributed by atoms with Crippen molar-refractivity contribution < 1.29 is 22.4 Å². The number of sulfonamides is 1. The molecule has 3 aromatic rings. The van der Waals surface area contributed by atoms with Gasteiger partial charge in [-0.3, -0.25) is 0 Å². The number of aryl methyl sites for hydroxylation is 2. The Balaban J connectivity index is 1.89. The molecule has 7 nitrogen and oxygen atoms in total. The summed E-state index contributed by atoms with van der Waals surface area (Å²) < 4.78 is 38.9. The first kappa shape index (κ1) is 25.9. The molecule has 1 heterocycles. The van der Waals surface area contributed by atoms with Crippen LogP contribution in [0.2, 0.25) is 5.02 Å². The topological polar surface area (TPSA) is 103 Å². The monoisotopic (exact) mass is 505 g/mol. The predicted molar refractivity (Wildman–Crippen MR) is 132 cm³/mol. The van der Waals surface area contributed by atoms with E-state index in [4.69, 9.17) is 20.8 Å². The summed E-state index contributed by atoms with van der Waals surface area (Å²) in [5.41, 5.74) is 1.44. The minimum atomic E-state index is -3.95. The van der Waals surface area contributed by atoms with Gasteiger partial charge in [-0.1, -0.05) is 62.4 Å². The lowest BCUT2D eigenvalue weighted by Gasteiger charge is -2.18. The zero-order valence-electron chi connectivity index (χ0n) is 19.4. The minimum absolute atomic E-state index is 0.00741. The molecule has 1 N–H and O–H groups in total. The molecule has 9 heteroatoms. The summed E-state index contributed by atoms with van der Waals surface area (Å²) in [6.45, 7) is 5.78. The lowest BCUT2D eigenvalue weighted by atomic mass is 10.1. The molecule has 2 aromatic carbocycles. The Morgan fingerprint density at radius 1 is 1.12 bits per heavy atom. The van der Waals surface area contributed by atoms with E-state index in [2.05, 4.69) is 4.72 Å². The van der Waals surface area contributed by atoms with Crippen LogP contribution in [-0.2, 0) is 21.2 Å². The quantitative estimate of drug-likeness (QED) is 0.232. The third-order valence-electron chi connectivity index (χ3n) is 5.37. The maximum absolute atomic E-state index is 13.0. The highest BCUT2D eigenvalue weighted by atomic mass is 35.5. The number of ether oxygens (including phenoxy) is 1. The van der Waals surface area contributed by atoms with Crippen molar-refractivity contribution in [2.45, 2.75) is 63.8 Å². The minimum Gasteiger partial charge on any atom is -0.424 e. The van der Waals surface area contributed by atoms with Crippen LogP contribution in [0.25, 0.3) is 11.0 Å². The predicted octanol–water partition coefficient (Wildman–Crippen LogP) is 5.15. The molecule has 3 rings (SSSR count). The van der Waals surface area contributed by atoms with E-state index in [-0.39, 0.29) is 27.7 Å². The first-order valence-corrected chi connectivity index (χ1v) is 13.1. The van der Waals surface area contributed by atoms with Gasteiger partial charge in [0.1, 0.15) is 11.6 Å². The van der Waals surface area contributed by atoms with Gasteiger partial charge >= 0.3 is 11.6 Å². The number of carbonyl (C=O) groups excluding carboxylic acids is 1. The van der Waals surface area contributed by atoms with Gasteiger partial charge in [-0.15, -0.1) is 0 Å². The first-order valence-electron chi connectivity index (χ1n) is 11.2. The normalized spacial score (nSPS) is 12.6. The zero-order valence-corrected chi connectivity index (χ0v) is 21.0. The second-order valence-electron chi connectivity index (χ2n) is 8.17. The van der Waals surface area contributed by atoms with Gasteiger partial charge in [0, 0.05) is 17.5 Å². The Morgan fingerprint density at radius 3 is 2.47 bits per heavy atom. The number of esters is 1. The fourth-order valence-electron chi connectivity index (χ4n) is 3.57. The van der Waals surface area contributed by atoms with Crippen molar-refractivity contribution in [3.63, 3.8) is 0 Å². The fourth-order valence-corrected chi connectivity index (χ4v) is 4.99. The SMILES string of the molecule is CCCC[C@@H](NS(=O)(=O)c1ccc(C)cc1)C(=O)Oc1cc2oc(=O)cc(CCC)c2cc1Cl. The van der Waals surface area contributed by atoms with Gasteiger partial charge in [0.25, 0.3) is 0 Å². The molecule has 1 aromatic heterocycles. The highest BCUT2D eigenvalue weighted by molar-refractivity contribution is 7.89. The van der Waals surface area contributed by atoms with E-state index < -0.39 is 27.7 Å². The Bertz CT molecular complexity index is 1330. The molecule has 182 valence electrons. The third-order valence-corrected chi connectivity index (χ3v) is 7.16. The molecule has 0 fully saturated rings. The number of rotatable bonds is 10. The summed E-state index contributed by atoms with van der Waals surface area (Å²) in [4.78, 5) is 25.0. The molecule has 0 radical (unpaired) electrons. The largest absolute Gasteiger partial charge is 0.424 e. The summed E-state index contributed by atoms with van der Waals surface area (Å²) >= 11 is 6.38. The molecule has 0 saturated carbocycles. The van der Waals surface area contributed by atoms with Crippen LogP contribution in [0.3, 0.4) is 0 Å². The van der Waals surface area contributed by atoms with Crippen LogP contribution in [0.1, 0.15) is 50.7 Å². The number of benzene rings is 2. The molecular formula is C25H28ClNO6S. The van der Waals surface area contributed by atoms with E-state index in [1.54, 1.807) is 18.2 Å². The van der Waals surface area contributed by atoms with E-state index >= 15 is 0 Å². The number of hydrogen-bond donors (Lipinski definition) is 1. The number of fused-ring (bicyclic) bond motifs is 1. The van der Waals surface area contributed by atoms with Crippen molar-refractivity contribution in [1.82, 2.24) is 4.72 Å². The van der Waals surface area contributed by atoms with Gasteiger partial charge in [0.05, 0.1) is 9.92 Å². The Labute approximate surface area is 204 Å². The summed E-state index contributed by atoms with van der Waals surface area (Å²) in [6, 6.07) is 9.62. The van der Waals surface area contributed by atoms with Crippen molar-refractivity contribution in [1.29, 1.82) is 0 Å². The summed E-state index contributed by atoms with van der Waals surface area (Å²) in [7, 11) is -3.95. The van der Waals surface area contributed by atoms with Crippen LogP contribution >= 0.6 is 11.6 Å².